The number of rotatable bonds is 9. The van der Waals surface area contributed by atoms with Crippen molar-refractivity contribution in [3.63, 3.8) is 0 Å². The highest BCUT2D eigenvalue weighted by Crippen LogP contribution is 2.36. The average Bonchev–Trinajstić information content (AvgIpc) is 3.96. The van der Waals surface area contributed by atoms with Crippen molar-refractivity contribution in [2.24, 2.45) is 13.0 Å². The number of carbonyl (C=O) groups is 3. The number of aromatic nitrogens is 7. The number of ether oxygens (including phenoxy) is 1. The van der Waals surface area contributed by atoms with E-state index in [-0.39, 0.29) is 53.9 Å². The number of imide groups is 1. The highest BCUT2D eigenvalue weighted by atomic mass is 19.3. The van der Waals surface area contributed by atoms with Gasteiger partial charge in [0.25, 0.3) is 12.3 Å². The topological polar surface area (TPSA) is 169 Å². The summed E-state index contributed by atoms with van der Waals surface area (Å²) in [6.07, 6.45) is 7.20. The van der Waals surface area contributed by atoms with Crippen LogP contribution in [0.1, 0.15) is 85.1 Å². The maximum absolute atomic E-state index is 14.3. The molecule has 62 heavy (non-hydrogen) atoms. The highest BCUT2D eigenvalue weighted by Gasteiger charge is 2.39. The Morgan fingerprint density at radius 2 is 1.77 bits per heavy atom. The van der Waals surface area contributed by atoms with Gasteiger partial charge >= 0.3 is 5.69 Å². The van der Waals surface area contributed by atoms with Crippen molar-refractivity contribution in [2.75, 3.05) is 62.6 Å². The van der Waals surface area contributed by atoms with Gasteiger partial charge in [-0.15, -0.1) is 0 Å². The van der Waals surface area contributed by atoms with Crippen LogP contribution in [0.4, 0.5) is 20.3 Å². The number of carbonyl (C=O) groups excluding carboxylic acids is 3. The van der Waals surface area contributed by atoms with E-state index < -0.39 is 30.0 Å². The Kier molecular flexibility index (Phi) is 10.6. The zero-order valence-corrected chi connectivity index (χ0v) is 34.4. The molecule has 6 fully saturated rings. The van der Waals surface area contributed by atoms with Crippen LogP contribution >= 0.6 is 0 Å². The van der Waals surface area contributed by atoms with Crippen LogP contribution < -0.4 is 21.2 Å². The van der Waals surface area contributed by atoms with Gasteiger partial charge in [-0.05, 0) is 56.2 Å². The number of alkyl halides is 2. The summed E-state index contributed by atoms with van der Waals surface area (Å²) in [5.41, 5.74) is 1.74. The van der Waals surface area contributed by atoms with E-state index in [2.05, 4.69) is 47.4 Å². The van der Waals surface area contributed by atoms with Gasteiger partial charge in [-0.2, -0.15) is 10.2 Å². The first-order valence-corrected chi connectivity index (χ1v) is 21.5. The SMILES string of the molecule is Cn1c(=O)n(C2CCC(=O)NC2=O)c2cccc(C#CCN3CCN(CC4CCC(n5cc(NC(=O)c6cnn7ccc(N8CC9CC(C8)O9)nc67)c(C(F)F)n5)CC4)CC3)c21. The Balaban J connectivity index is 0.716. The van der Waals surface area contributed by atoms with Gasteiger partial charge in [-0.1, -0.05) is 17.9 Å². The minimum absolute atomic E-state index is 0.00926. The van der Waals surface area contributed by atoms with Gasteiger partial charge in [0, 0.05) is 78.1 Å². The molecule has 3 atom stereocenters. The Bertz CT molecular complexity index is 2660. The second-order valence-corrected chi connectivity index (χ2v) is 17.2. The molecule has 324 valence electrons. The lowest BCUT2D eigenvalue weighted by Crippen LogP contribution is -2.57. The molecule has 19 heteroatoms. The van der Waals surface area contributed by atoms with Crippen molar-refractivity contribution in [1.82, 2.24) is 48.6 Å². The van der Waals surface area contributed by atoms with Crippen LogP contribution in [0.2, 0.25) is 0 Å². The normalized spacial score (nSPS) is 24.6. The first-order valence-electron chi connectivity index (χ1n) is 21.5. The second kappa shape index (κ2) is 16.4. The number of aryl methyl sites for hydroxylation is 1. The Morgan fingerprint density at radius 3 is 2.52 bits per heavy atom. The van der Waals surface area contributed by atoms with Gasteiger partial charge in [0.15, 0.2) is 11.3 Å². The van der Waals surface area contributed by atoms with E-state index in [0.717, 1.165) is 83.7 Å². The summed E-state index contributed by atoms with van der Waals surface area (Å²) < 4.78 is 40.4. The number of morpholine rings is 1. The van der Waals surface area contributed by atoms with E-state index in [4.69, 9.17) is 9.72 Å². The first kappa shape index (κ1) is 40.1. The molecule has 3 unspecified atom stereocenters. The molecule has 5 saturated heterocycles. The minimum Gasteiger partial charge on any atom is -0.371 e. The molecule has 1 saturated carbocycles. The van der Waals surface area contributed by atoms with Gasteiger partial charge in [0.05, 0.1) is 53.3 Å². The Labute approximate surface area is 355 Å². The van der Waals surface area contributed by atoms with Crippen LogP contribution in [0.3, 0.4) is 0 Å². The predicted octanol–water partition coefficient (Wildman–Crippen LogP) is 3.12. The fourth-order valence-electron chi connectivity index (χ4n) is 9.88. The second-order valence-electron chi connectivity index (χ2n) is 17.2. The molecule has 6 aliphatic rings. The molecular formula is C43H48F2N12O5. The lowest BCUT2D eigenvalue weighted by atomic mass is 9.85. The van der Waals surface area contributed by atoms with Crippen molar-refractivity contribution in [3.8, 4) is 11.8 Å². The van der Waals surface area contributed by atoms with E-state index in [9.17, 15) is 28.0 Å². The van der Waals surface area contributed by atoms with E-state index >= 15 is 0 Å². The number of nitrogens with one attached hydrogen (secondary N) is 2. The summed E-state index contributed by atoms with van der Waals surface area (Å²) in [5, 5.41) is 13.6. The number of piperidine rings is 2. The molecule has 2 bridgehead atoms. The number of hydrogen-bond acceptors (Lipinski definition) is 11. The fourth-order valence-corrected chi connectivity index (χ4v) is 9.88. The van der Waals surface area contributed by atoms with Crippen molar-refractivity contribution >= 4 is 45.9 Å². The summed E-state index contributed by atoms with van der Waals surface area (Å²) in [5.74, 6) is 6.40. The molecule has 9 heterocycles. The molecule has 5 aromatic rings. The molecule has 0 spiro atoms. The molecule has 17 nitrogen and oxygen atoms in total. The third kappa shape index (κ3) is 7.64. The third-order valence-corrected chi connectivity index (χ3v) is 13.2. The number of imidazole rings is 1. The number of halogens is 2. The van der Waals surface area contributed by atoms with Gasteiger partial charge in [-0.25, -0.2) is 23.1 Å². The number of amides is 3. The number of nitrogens with zero attached hydrogens (tertiary/aromatic N) is 10. The summed E-state index contributed by atoms with van der Waals surface area (Å²) in [4.78, 5) is 62.8. The smallest absolute Gasteiger partial charge is 0.329 e. The molecule has 1 aromatic carbocycles. The van der Waals surface area contributed by atoms with E-state index in [1.54, 1.807) is 17.9 Å². The largest absolute Gasteiger partial charge is 0.371 e. The maximum atomic E-state index is 14.3. The summed E-state index contributed by atoms with van der Waals surface area (Å²) in [7, 11) is 1.68. The summed E-state index contributed by atoms with van der Waals surface area (Å²) in [6.45, 7) is 6.58. The van der Waals surface area contributed by atoms with Crippen molar-refractivity contribution < 1.29 is 27.9 Å². The highest BCUT2D eigenvalue weighted by molar-refractivity contribution is 6.08. The molecule has 11 rings (SSSR count). The van der Waals surface area contributed by atoms with Gasteiger partial charge < -0.3 is 19.9 Å². The summed E-state index contributed by atoms with van der Waals surface area (Å²) >= 11 is 0. The average molecular weight is 851 g/mol. The zero-order valence-electron chi connectivity index (χ0n) is 34.4. The van der Waals surface area contributed by atoms with Gasteiger partial charge in [0.1, 0.15) is 17.4 Å². The molecule has 0 radical (unpaired) electrons. The van der Waals surface area contributed by atoms with Crippen LogP contribution in [0.15, 0.2) is 47.7 Å². The lowest BCUT2D eigenvalue weighted by Gasteiger charge is -2.47. The maximum Gasteiger partial charge on any atom is 0.329 e. The monoisotopic (exact) mass is 850 g/mol. The van der Waals surface area contributed by atoms with Crippen LogP contribution in [-0.2, 0) is 21.4 Å². The number of hydrogen-bond donors (Lipinski definition) is 2. The lowest BCUT2D eigenvalue weighted by molar-refractivity contribution is -0.135. The molecular weight excluding hydrogens is 803 g/mol. The predicted molar refractivity (Wildman–Crippen MR) is 223 cm³/mol. The van der Waals surface area contributed by atoms with Crippen molar-refractivity contribution in [1.29, 1.82) is 0 Å². The van der Waals surface area contributed by atoms with Gasteiger partial charge in [-0.3, -0.25) is 38.4 Å². The Hall–Kier alpha value is -5.97. The number of benzene rings is 1. The van der Waals surface area contributed by atoms with Crippen molar-refractivity contribution in [2.45, 2.75) is 75.7 Å². The molecule has 4 aromatic heterocycles. The molecule has 1 aliphatic carbocycles. The van der Waals surface area contributed by atoms with E-state index in [1.807, 2.05) is 24.3 Å². The Morgan fingerprint density at radius 1 is 1.02 bits per heavy atom. The molecule has 5 aliphatic heterocycles. The van der Waals surface area contributed by atoms with Crippen LogP contribution in [-0.4, -0.2) is 126 Å². The van der Waals surface area contributed by atoms with E-state index in [0.29, 0.717) is 34.7 Å². The standard InChI is InChI=1S/C43H48F2N12O5/c1-51-38-27(4-2-6-33(38)57(43(51)61)34-11-12-36(58)49-42(34)60)5-3-14-52-16-18-53(19-17-52)22-26-7-9-28(10-8-26)56-25-32(37(50-56)39(44)45)47-41(59)31-21-46-55-15-13-35(48-40(31)55)54-23-29-20-30(24-54)62-29/h2,4,6,13,15,21,25-26,28-30,34,39H,7-12,14,16-20,22-24H2,1H3,(H,47,59)(H,49,58,60). The number of anilines is 2. The van der Waals surface area contributed by atoms with Crippen LogP contribution in [0.25, 0.3) is 16.7 Å². The third-order valence-electron chi connectivity index (χ3n) is 13.2. The van der Waals surface area contributed by atoms with Gasteiger partial charge in [0.2, 0.25) is 11.8 Å². The number of fused-ring (bicyclic) bond motifs is 4. The molecule has 3 amide bonds. The van der Waals surface area contributed by atoms with Crippen LogP contribution in [0, 0.1) is 17.8 Å². The quantitative estimate of drug-likeness (QED) is 0.165. The van der Waals surface area contributed by atoms with Crippen LogP contribution in [0.5, 0.6) is 0 Å². The zero-order chi connectivity index (χ0) is 42.6. The van der Waals surface area contributed by atoms with E-state index in [1.165, 1.54) is 26.0 Å². The molecule has 2 N–H and O–H groups in total. The fraction of sp³-hybridized carbons (Fsp3) is 0.512. The number of piperazine rings is 1. The number of para-hydroxylation sites is 1. The first-order chi connectivity index (χ1) is 30.1. The minimum atomic E-state index is -2.86. The van der Waals surface area contributed by atoms with Crippen molar-refractivity contribution in [3.05, 3.63) is 70.2 Å². The summed E-state index contributed by atoms with van der Waals surface area (Å²) in [6, 6.07) is 6.57.